The van der Waals surface area contributed by atoms with Crippen molar-refractivity contribution in [2.75, 3.05) is 6.54 Å². The van der Waals surface area contributed by atoms with Crippen LogP contribution < -0.4 is 5.32 Å². The number of aromatic amines is 1. The second-order valence-corrected chi connectivity index (χ2v) is 9.01. The first kappa shape index (κ1) is 23.8. The second kappa shape index (κ2) is 10.3. The molecule has 2 heterocycles. The minimum Gasteiger partial charge on any atom is -0.494 e. The van der Waals surface area contributed by atoms with Crippen molar-refractivity contribution in [2.45, 2.75) is 39.5 Å². The number of hydrogen-bond acceptors (Lipinski definition) is 3. The molecule has 0 fully saturated rings. The van der Waals surface area contributed by atoms with E-state index >= 15 is 0 Å². The number of aromatic nitrogens is 1. The van der Waals surface area contributed by atoms with E-state index in [-0.39, 0.29) is 11.8 Å². The largest absolute Gasteiger partial charge is 0.494 e. The number of carbonyl (C=O) groups excluding carboxylic acids is 2. The van der Waals surface area contributed by atoms with Gasteiger partial charge in [0.2, 0.25) is 0 Å². The standard InChI is InChI=1S/C27H28ClN3O3/c1-3-5-6-16(4-2)15-29-25(32)19-9-7-17(8-10-19)23-21-22(27(34)30-23)24(31-26(21)33)18-11-13-20(28)14-12-18/h7-14,16,30,34H,3-6,15H2,1-2H3,(H,29,32). The molecule has 2 amide bonds. The van der Waals surface area contributed by atoms with Gasteiger partial charge in [0.25, 0.3) is 11.8 Å². The van der Waals surface area contributed by atoms with Crippen molar-refractivity contribution in [1.82, 2.24) is 10.3 Å². The normalized spacial score (nSPS) is 13.5. The molecule has 0 radical (unpaired) electrons. The van der Waals surface area contributed by atoms with Gasteiger partial charge in [-0.3, -0.25) is 9.59 Å². The first-order valence-electron chi connectivity index (χ1n) is 11.7. The summed E-state index contributed by atoms with van der Waals surface area (Å²) in [4.78, 5) is 32.4. The lowest BCUT2D eigenvalue weighted by Gasteiger charge is -2.15. The summed E-state index contributed by atoms with van der Waals surface area (Å²) in [6.07, 6.45) is 4.47. The molecule has 0 bridgehead atoms. The van der Waals surface area contributed by atoms with Gasteiger partial charge in [0.15, 0.2) is 5.88 Å². The maximum absolute atomic E-state index is 12.7. The van der Waals surface area contributed by atoms with E-state index in [0.717, 1.165) is 19.3 Å². The molecule has 3 aromatic rings. The summed E-state index contributed by atoms with van der Waals surface area (Å²) in [6.45, 7) is 4.98. The molecule has 6 nitrogen and oxygen atoms in total. The fourth-order valence-electron chi connectivity index (χ4n) is 4.25. The van der Waals surface area contributed by atoms with Gasteiger partial charge in [-0.15, -0.1) is 0 Å². The number of amides is 2. The number of nitrogens with one attached hydrogen (secondary N) is 2. The number of H-pyrrole nitrogens is 1. The maximum Gasteiger partial charge on any atom is 0.280 e. The highest BCUT2D eigenvalue weighted by Gasteiger charge is 2.33. The number of hydrogen-bond donors (Lipinski definition) is 3. The maximum atomic E-state index is 12.7. The summed E-state index contributed by atoms with van der Waals surface area (Å²) in [7, 11) is 0. The van der Waals surface area contributed by atoms with Gasteiger partial charge in [-0.1, -0.05) is 69.0 Å². The van der Waals surface area contributed by atoms with Gasteiger partial charge in [0.1, 0.15) is 0 Å². The number of fused-ring (bicyclic) bond motifs is 1. The van der Waals surface area contributed by atoms with Crippen LogP contribution in [0.3, 0.4) is 0 Å². The fourth-order valence-corrected chi connectivity index (χ4v) is 4.37. The van der Waals surface area contributed by atoms with Gasteiger partial charge in [-0.25, -0.2) is 4.99 Å². The molecule has 0 aliphatic carbocycles. The van der Waals surface area contributed by atoms with Crippen molar-refractivity contribution >= 4 is 29.1 Å². The van der Waals surface area contributed by atoms with Crippen LogP contribution in [0.15, 0.2) is 53.5 Å². The molecular weight excluding hydrogens is 450 g/mol. The molecule has 0 spiro atoms. The zero-order valence-electron chi connectivity index (χ0n) is 19.3. The number of unbranched alkanes of at least 4 members (excludes halogenated alkanes) is 1. The third kappa shape index (κ3) is 4.77. The SMILES string of the molecule is CCCCC(CC)CNC(=O)c1ccc(-c2[nH]c(O)c3c2C(=O)N=C3c2ccc(Cl)cc2)cc1. The molecule has 0 saturated carbocycles. The van der Waals surface area contributed by atoms with E-state index in [9.17, 15) is 14.7 Å². The third-order valence-electron chi connectivity index (χ3n) is 6.29. The van der Waals surface area contributed by atoms with Crippen LogP contribution in [0.25, 0.3) is 11.3 Å². The summed E-state index contributed by atoms with van der Waals surface area (Å²) in [5.41, 5.74) is 3.50. The van der Waals surface area contributed by atoms with Crippen LogP contribution in [-0.2, 0) is 0 Å². The number of nitrogens with zero attached hydrogens (tertiary/aromatic N) is 1. The quantitative estimate of drug-likeness (QED) is 0.354. The van der Waals surface area contributed by atoms with Crippen molar-refractivity contribution < 1.29 is 14.7 Å². The number of benzene rings is 2. The fraction of sp³-hybridized carbons (Fsp3) is 0.296. The molecule has 1 aromatic heterocycles. The highest BCUT2D eigenvalue weighted by atomic mass is 35.5. The molecule has 176 valence electrons. The minimum atomic E-state index is -0.425. The van der Waals surface area contributed by atoms with Gasteiger partial charge in [-0.2, -0.15) is 0 Å². The first-order chi connectivity index (χ1) is 16.4. The van der Waals surface area contributed by atoms with E-state index in [1.165, 1.54) is 6.42 Å². The van der Waals surface area contributed by atoms with E-state index in [1.54, 1.807) is 48.5 Å². The first-order valence-corrected chi connectivity index (χ1v) is 12.0. The van der Waals surface area contributed by atoms with E-state index < -0.39 is 5.91 Å². The summed E-state index contributed by atoms with van der Waals surface area (Å²) < 4.78 is 0. The topological polar surface area (TPSA) is 94.5 Å². The predicted octanol–water partition coefficient (Wildman–Crippen LogP) is 5.98. The molecule has 1 aliphatic heterocycles. The smallest absolute Gasteiger partial charge is 0.280 e. The monoisotopic (exact) mass is 477 g/mol. The van der Waals surface area contributed by atoms with E-state index in [2.05, 4.69) is 29.1 Å². The van der Waals surface area contributed by atoms with Crippen LogP contribution in [0, 0.1) is 5.92 Å². The van der Waals surface area contributed by atoms with Crippen LogP contribution in [-0.4, -0.2) is 34.2 Å². The van der Waals surface area contributed by atoms with E-state index in [1.807, 2.05) is 0 Å². The average molecular weight is 478 g/mol. The predicted molar refractivity (Wildman–Crippen MR) is 135 cm³/mol. The van der Waals surface area contributed by atoms with Gasteiger partial charge < -0.3 is 15.4 Å². The van der Waals surface area contributed by atoms with Crippen molar-refractivity contribution in [3.8, 4) is 17.1 Å². The Labute approximate surface area is 204 Å². The average Bonchev–Trinajstić information content (AvgIpc) is 3.37. The van der Waals surface area contributed by atoms with Crippen LogP contribution >= 0.6 is 11.6 Å². The summed E-state index contributed by atoms with van der Waals surface area (Å²) >= 11 is 5.97. The van der Waals surface area contributed by atoms with Crippen molar-refractivity contribution in [2.24, 2.45) is 10.9 Å². The summed E-state index contributed by atoms with van der Waals surface area (Å²) in [5, 5.41) is 14.2. The highest BCUT2D eigenvalue weighted by Crippen LogP contribution is 2.38. The molecule has 4 rings (SSSR count). The zero-order chi connectivity index (χ0) is 24.2. The Morgan fingerprint density at radius 1 is 1.06 bits per heavy atom. The Bertz CT molecular complexity index is 1230. The molecular formula is C27H28ClN3O3. The van der Waals surface area contributed by atoms with E-state index in [0.29, 0.717) is 56.7 Å². The highest BCUT2D eigenvalue weighted by molar-refractivity contribution is 6.32. The molecule has 34 heavy (non-hydrogen) atoms. The number of rotatable bonds is 9. The lowest BCUT2D eigenvalue weighted by molar-refractivity contribution is 0.0944. The van der Waals surface area contributed by atoms with E-state index in [4.69, 9.17) is 11.6 Å². The van der Waals surface area contributed by atoms with Gasteiger partial charge in [-0.05, 0) is 42.2 Å². The van der Waals surface area contributed by atoms with Crippen LogP contribution in [0.4, 0.5) is 0 Å². The molecule has 1 unspecified atom stereocenters. The molecule has 1 atom stereocenters. The Balaban J connectivity index is 1.53. The Kier molecular flexibility index (Phi) is 7.17. The zero-order valence-corrected chi connectivity index (χ0v) is 20.1. The second-order valence-electron chi connectivity index (χ2n) is 8.57. The Morgan fingerprint density at radius 3 is 2.38 bits per heavy atom. The molecule has 7 heteroatoms. The molecule has 0 saturated heterocycles. The minimum absolute atomic E-state index is 0.120. The summed E-state index contributed by atoms with van der Waals surface area (Å²) in [6, 6.07) is 13.9. The van der Waals surface area contributed by atoms with Crippen molar-refractivity contribution in [3.63, 3.8) is 0 Å². The van der Waals surface area contributed by atoms with Gasteiger partial charge >= 0.3 is 0 Å². The lowest BCUT2D eigenvalue weighted by Crippen LogP contribution is -2.29. The number of carbonyl (C=O) groups is 2. The van der Waals surface area contributed by atoms with Crippen LogP contribution in [0.2, 0.25) is 5.02 Å². The van der Waals surface area contributed by atoms with Gasteiger partial charge in [0.05, 0.1) is 22.5 Å². The third-order valence-corrected chi connectivity index (χ3v) is 6.54. The molecule has 1 aliphatic rings. The van der Waals surface area contributed by atoms with Crippen molar-refractivity contribution in [1.29, 1.82) is 0 Å². The molecule has 3 N–H and O–H groups in total. The Morgan fingerprint density at radius 2 is 1.74 bits per heavy atom. The Hall–Kier alpha value is -3.38. The number of aromatic hydroxyl groups is 1. The number of aliphatic imine (C=N–C) groups is 1. The summed E-state index contributed by atoms with van der Waals surface area (Å²) in [5.74, 6) is -0.186. The van der Waals surface area contributed by atoms with Crippen molar-refractivity contribution in [3.05, 3.63) is 75.8 Å². The molecule has 2 aromatic carbocycles. The lowest BCUT2D eigenvalue weighted by atomic mass is 9.99. The van der Waals surface area contributed by atoms with Crippen LogP contribution in [0.1, 0.15) is 71.4 Å². The number of halogens is 1. The van der Waals surface area contributed by atoms with Crippen LogP contribution in [0.5, 0.6) is 5.88 Å². The van der Waals surface area contributed by atoms with Gasteiger partial charge in [0, 0.05) is 22.7 Å².